The van der Waals surface area contributed by atoms with Gasteiger partial charge in [-0.05, 0) is 61.6 Å². The van der Waals surface area contributed by atoms with E-state index < -0.39 is 0 Å². The Hall–Kier alpha value is -2.33. The number of piperidine rings is 1. The van der Waals surface area contributed by atoms with Gasteiger partial charge in [0.15, 0.2) is 0 Å². The number of amides is 1. The van der Waals surface area contributed by atoms with Crippen molar-refractivity contribution >= 4 is 5.91 Å². The molecular weight excluding hydrogens is 336 g/mol. The molecule has 1 aliphatic rings. The Bertz CT molecular complexity index is 692. The summed E-state index contributed by atoms with van der Waals surface area (Å²) in [5, 5.41) is 0. The molecule has 1 amide bonds. The fraction of sp³-hybridized carbons (Fsp3) is 0.435. The lowest BCUT2D eigenvalue weighted by molar-refractivity contribution is 0.0686. The van der Waals surface area contributed by atoms with Crippen molar-refractivity contribution < 1.29 is 9.53 Å². The Morgan fingerprint density at radius 1 is 1.00 bits per heavy atom. The predicted molar refractivity (Wildman–Crippen MR) is 109 cm³/mol. The molecule has 2 aromatic carbocycles. The van der Waals surface area contributed by atoms with Crippen LogP contribution < -0.4 is 10.5 Å². The molecule has 144 valence electrons. The topological polar surface area (TPSA) is 55.6 Å². The third kappa shape index (κ3) is 5.83. The Labute approximate surface area is 162 Å². The van der Waals surface area contributed by atoms with E-state index >= 15 is 0 Å². The quantitative estimate of drug-likeness (QED) is 0.711. The SMILES string of the molecule is NCCCCC1CCN(C(=O)c2ccc(OCc3ccccc3)cc2)CC1. The minimum absolute atomic E-state index is 0.130. The summed E-state index contributed by atoms with van der Waals surface area (Å²) in [5.41, 5.74) is 7.44. The largest absolute Gasteiger partial charge is 0.489 e. The number of hydrogen-bond donors (Lipinski definition) is 1. The van der Waals surface area contributed by atoms with Crippen molar-refractivity contribution in [3.8, 4) is 5.75 Å². The Morgan fingerprint density at radius 3 is 2.37 bits per heavy atom. The number of hydrogen-bond acceptors (Lipinski definition) is 3. The number of likely N-dealkylation sites (tertiary alicyclic amines) is 1. The standard InChI is InChI=1S/C23H30N2O2/c24-15-5-4-6-19-13-16-25(17-14-19)23(26)21-9-11-22(12-10-21)27-18-20-7-2-1-3-8-20/h1-3,7-12,19H,4-6,13-18,24H2. The van der Waals surface area contributed by atoms with Crippen molar-refractivity contribution in [1.82, 2.24) is 4.90 Å². The van der Waals surface area contributed by atoms with Crippen LogP contribution in [-0.4, -0.2) is 30.4 Å². The Kier molecular flexibility index (Phi) is 7.28. The molecule has 1 heterocycles. The molecule has 3 rings (SSSR count). The maximum Gasteiger partial charge on any atom is 0.253 e. The molecule has 0 radical (unpaired) electrons. The average Bonchev–Trinajstić information content (AvgIpc) is 2.74. The molecule has 0 saturated carbocycles. The van der Waals surface area contributed by atoms with E-state index in [1.807, 2.05) is 59.5 Å². The average molecular weight is 367 g/mol. The van der Waals surface area contributed by atoms with Crippen LogP contribution in [0.3, 0.4) is 0 Å². The minimum atomic E-state index is 0.130. The molecule has 0 atom stereocenters. The third-order valence-electron chi connectivity index (χ3n) is 5.32. The Morgan fingerprint density at radius 2 is 1.70 bits per heavy atom. The zero-order valence-electron chi connectivity index (χ0n) is 16.0. The van der Waals surface area contributed by atoms with Gasteiger partial charge in [0.05, 0.1) is 0 Å². The molecule has 2 aromatic rings. The number of nitrogens with two attached hydrogens (primary N) is 1. The van der Waals surface area contributed by atoms with Gasteiger partial charge in [-0.2, -0.15) is 0 Å². The van der Waals surface area contributed by atoms with Crippen LogP contribution in [0.15, 0.2) is 54.6 Å². The highest BCUT2D eigenvalue weighted by Crippen LogP contribution is 2.24. The van der Waals surface area contributed by atoms with Gasteiger partial charge in [0.2, 0.25) is 0 Å². The van der Waals surface area contributed by atoms with Crippen molar-refractivity contribution in [2.75, 3.05) is 19.6 Å². The van der Waals surface area contributed by atoms with E-state index in [4.69, 9.17) is 10.5 Å². The molecule has 2 N–H and O–H groups in total. The van der Waals surface area contributed by atoms with Crippen molar-refractivity contribution in [3.05, 3.63) is 65.7 Å². The highest BCUT2D eigenvalue weighted by atomic mass is 16.5. The van der Waals surface area contributed by atoms with E-state index in [2.05, 4.69) is 0 Å². The summed E-state index contributed by atoms with van der Waals surface area (Å²) in [5.74, 6) is 1.66. The van der Waals surface area contributed by atoms with Crippen LogP contribution in [0.1, 0.15) is 48.0 Å². The van der Waals surface area contributed by atoms with Crippen molar-refractivity contribution in [1.29, 1.82) is 0 Å². The van der Waals surface area contributed by atoms with E-state index in [1.165, 1.54) is 12.8 Å². The van der Waals surface area contributed by atoms with Crippen LogP contribution in [0, 0.1) is 5.92 Å². The number of ether oxygens (including phenoxy) is 1. The lowest BCUT2D eigenvalue weighted by atomic mass is 9.91. The van der Waals surface area contributed by atoms with Gasteiger partial charge in [-0.25, -0.2) is 0 Å². The van der Waals surface area contributed by atoms with Gasteiger partial charge in [0.1, 0.15) is 12.4 Å². The maximum atomic E-state index is 12.7. The zero-order chi connectivity index (χ0) is 18.9. The molecule has 4 heteroatoms. The lowest BCUT2D eigenvalue weighted by Gasteiger charge is -2.32. The van der Waals surface area contributed by atoms with E-state index in [-0.39, 0.29) is 5.91 Å². The molecule has 0 aliphatic carbocycles. The van der Waals surface area contributed by atoms with Crippen LogP contribution in [0.5, 0.6) is 5.75 Å². The number of rotatable bonds is 8. The molecular formula is C23H30N2O2. The van der Waals surface area contributed by atoms with Crippen LogP contribution in [0.2, 0.25) is 0 Å². The number of benzene rings is 2. The molecule has 27 heavy (non-hydrogen) atoms. The molecule has 4 nitrogen and oxygen atoms in total. The third-order valence-corrected chi connectivity index (χ3v) is 5.32. The number of nitrogens with zero attached hydrogens (tertiary/aromatic N) is 1. The van der Waals surface area contributed by atoms with Gasteiger partial charge in [-0.15, -0.1) is 0 Å². The van der Waals surface area contributed by atoms with Crippen LogP contribution in [0.25, 0.3) is 0 Å². The highest BCUT2D eigenvalue weighted by Gasteiger charge is 2.23. The summed E-state index contributed by atoms with van der Waals surface area (Å²) in [6, 6.07) is 17.6. The summed E-state index contributed by atoms with van der Waals surface area (Å²) < 4.78 is 5.80. The van der Waals surface area contributed by atoms with Crippen LogP contribution in [0.4, 0.5) is 0 Å². The van der Waals surface area contributed by atoms with Crippen LogP contribution >= 0.6 is 0 Å². The molecule has 1 fully saturated rings. The fourth-order valence-corrected chi connectivity index (χ4v) is 3.62. The second-order valence-electron chi connectivity index (χ2n) is 7.32. The van der Waals surface area contributed by atoms with Gasteiger partial charge in [0, 0.05) is 18.7 Å². The van der Waals surface area contributed by atoms with Gasteiger partial charge in [-0.1, -0.05) is 43.2 Å². The van der Waals surface area contributed by atoms with Gasteiger partial charge in [0.25, 0.3) is 5.91 Å². The van der Waals surface area contributed by atoms with E-state index in [1.54, 1.807) is 0 Å². The van der Waals surface area contributed by atoms with Crippen molar-refractivity contribution in [2.45, 2.75) is 38.7 Å². The first-order valence-corrected chi connectivity index (χ1v) is 10.0. The minimum Gasteiger partial charge on any atom is -0.489 e. The molecule has 0 unspecified atom stereocenters. The van der Waals surface area contributed by atoms with E-state index in [9.17, 15) is 4.79 Å². The summed E-state index contributed by atoms with van der Waals surface area (Å²) in [4.78, 5) is 14.7. The molecule has 0 aromatic heterocycles. The summed E-state index contributed by atoms with van der Waals surface area (Å²) in [6.07, 6.45) is 5.77. The smallest absolute Gasteiger partial charge is 0.253 e. The molecule has 1 aliphatic heterocycles. The van der Waals surface area contributed by atoms with Gasteiger partial charge >= 0.3 is 0 Å². The first-order chi connectivity index (χ1) is 13.3. The summed E-state index contributed by atoms with van der Waals surface area (Å²) in [7, 11) is 0. The lowest BCUT2D eigenvalue weighted by Crippen LogP contribution is -2.38. The normalized spacial score (nSPS) is 14.9. The number of carbonyl (C=O) groups excluding carboxylic acids is 1. The van der Waals surface area contributed by atoms with Gasteiger partial charge in [-0.3, -0.25) is 4.79 Å². The van der Waals surface area contributed by atoms with E-state index in [0.717, 1.165) is 61.7 Å². The van der Waals surface area contributed by atoms with E-state index in [0.29, 0.717) is 6.61 Å². The predicted octanol–water partition coefficient (Wildman–Crippen LogP) is 4.25. The first kappa shape index (κ1) is 19.4. The first-order valence-electron chi connectivity index (χ1n) is 10.0. The number of carbonyl (C=O) groups is 1. The molecule has 0 spiro atoms. The fourth-order valence-electron chi connectivity index (χ4n) is 3.62. The zero-order valence-corrected chi connectivity index (χ0v) is 16.0. The highest BCUT2D eigenvalue weighted by molar-refractivity contribution is 5.94. The molecule has 1 saturated heterocycles. The Balaban J connectivity index is 1.46. The monoisotopic (exact) mass is 366 g/mol. The van der Waals surface area contributed by atoms with Crippen molar-refractivity contribution in [2.24, 2.45) is 11.7 Å². The van der Waals surface area contributed by atoms with Crippen LogP contribution in [-0.2, 0) is 6.61 Å². The maximum absolute atomic E-state index is 12.7. The van der Waals surface area contributed by atoms with Gasteiger partial charge < -0.3 is 15.4 Å². The van der Waals surface area contributed by atoms with Crippen molar-refractivity contribution in [3.63, 3.8) is 0 Å². The summed E-state index contributed by atoms with van der Waals surface area (Å²) in [6.45, 7) is 3.03. The molecule has 0 bridgehead atoms. The second kappa shape index (κ2) is 10.1. The second-order valence-corrected chi connectivity index (χ2v) is 7.32. The summed E-state index contributed by atoms with van der Waals surface area (Å²) >= 11 is 0. The number of unbranched alkanes of at least 4 members (excludes halogenated alkanes) is 1.